The SMILES string of the molecule is C=Cc1nc(C)c(F)cc1N=C. The predicted octanol–water partition coefficient (Wildman–Crippen LogP) is 2.50. The predicted molar refractivity (Wildman–Crippen MR) is 48.2 cm³/mol. The summed E-state index contributed by atoms with van der Waals surface area (Å²) in [6.07, 6.45) is 1.52. The minimum absolute atomic E-state index is 0.345. The molecule has 0 aliphatic heterocycles. The molecule has 3 heteroatoms. The van der Waals surface area contributed by atoms with Gasteiger partial charge in [0, 0.05) is 6.07 Å². The Morgan fingerprint density at radius 1 is 1.67 bits per heavy atom. The summed E-state index contributed by atoms with van der Waals surface area (Å²) in [7, 11) is 0. The molecule has 0 amide bonds. The van der Waals surface area contributed by atoms with Crippen molar-refractivity contribution in [3.05, 3.63) is 29.9 Å². The summed E-state index contributed by atoms with van der Waals surface area (Å²) in [6.45, 7) is 8.44. The van der Waals surface area contributed by atoms with Crippen LogP contribution in [0.3, 0.4) is 0 Å². The molecule has 0 saturated heterocycles. The third kappa shape index (κ3) is 1.39. The highest BCUT2D eigenvalue weighted by atomic mass is 19.1. The average molecular weight is 164 g/mol. The van der Waals surface area contributed by atoms with Gasteiger partial charge in [0.25, 0.3) is 0 Å². The van der Waals surface area contributed by atoms with E-state index in [4.69, 9.17) is 0 Å². The van der Waals surface area contributed by atoms with Crippen molar-refractivity contribution in [1.29, 1.82) is 0 Å². The molecule has 12 heavy (non-hydrogen) atoms. The molecule has 0 N–H and O–H groups in total. The van der Waals surface area contributed by atoms with Crippen molar-refractivity contribution in [2.75, 3.05) is 0 Å². The lowest BCUT2D eigenvalue weighted by Gasteiger charge is -2.01. The van der Waals surface area contributed by atoms with Crippen molar-refractivity contribution in [2.45, 2.75) is 6.92 Å². The van der Waals surface area contributed by atoms with E-state index in [2.05, 4.69) is 23.3 Å². The number of hydrogen-bond acceptors (Lipinski definition) is 2. The number of hydrogen-bond donors (Lipinski definition) is 0. The largest absolute Gasteiger partial charge is 0.262 e. The molecule has 0 aliphatic carbocycles. The molecule has 0 atom stereocenters. The first kappa shape index (κ1) is 8.59. The van der Waals surface area contributed by atoms with Crippen LogP contribution in [0.5, 0.6) is 0 Å². The molecule has 0 bridgehead atoms. The number of aliphatic imine (C=N–C) groups is 1. The van der Waals surface area contributed by atoms with Crippen LogP contribution in [0.4, 0.5) is 10.1 Å². The number of halogens is 1. The Hall–Kier alpha value is -1.51. The Morgan fingerprint density at radius 3 is 2.83 bits per heavy atom. The summed E-state index contributed by atoms with van der Waals surface area (Å²) < 4.78 is 12.9. The van der Waals surface area contributed by atoms with Gasteiger partial charge in [-0.3, -0.25) is 4.99 Å². The lowest BCUT2D eigenvalue weighted by atomic mass is 10.2. The minimum Gasteiger partial charge on any atom is -0.262 e. The summed E-state index contributed by atoms with van der Waals surface area (Å²) in [5.74, 6) is -0.372. The van der Waals surface area contributed by atoms with Gasteiger partial charge in [-0.25, -0.2) is 9.37 Å². The lowest BCUT2D eigenvalue weighted by molar-refractivity contribution is 0.610. The fraction of sp³-hybridized carbons (Fsp3) is 0.111. The molecule has 1 rings (SSSR count). The van der Waals surface area contributed by atoms with Crippen LogP contribution in [-0.4, -0.2) is 11.7 Å². The van der Waals surface area contributed by atoms with E-state index in [1.807, 2.05) is 0 Å². The number of rotatable bonds is 2. The van der Waals surface area contributed by atoms with Gasteiger partial charge < -0.3 is 0 Å². The second kappa shape index (κ2) is 3.26. The molecule has 1 aromatic heterocycles. The number of nitrogens with zero attached hydrogens (tertiary/aromatic N) is 2. The van der Waals surface area contributed by atoms with Crippen LogP contribution >= 0.6 is 0 Å². The normalized spacial score (nSPS) is 9.50. The summed E-state index contributed by atoms with van der Waals surface area (Å²) in [4.78, 5) is 7.55. The van der Waals surface area contributed by atoms with Gasteiger partial charge in [0.1, 0.15) is 5.82 Å². The lowest BCUT2D eigenvalue weighted by Crippen LogP contribution is -1.90. The maximum absolute atomic E-state index is 12.9. The molecule has 2 nitrogen and oxygen atoms in total. The number of aromatic nitrogens is 1. The molecule has 0 unspecified atom stereocenters. The molecule has 0 spiro atoms. The highest BCUT2D eigenvalue weighted by Gasteiger charge is 2.04. The van der Waals surface area contributed by atoms with Gasteiger partial charge in [-0.1, -0.05) is 6.58 Å². The topological polar surface area (TPSA) is 25.2 Å². The second-order valence-electron chi connectivity index (χ2n) is 2.32. The number of aryl methyl sites for hydroxylation is 1. The van der Waals surface area contributed by atoms with Crippen LogP contribution in [0.15, 0.2) is 17.6 Å². The van der Waals surface area contributed by atoms with Gasteiger partial charge in [0.05, 0.1) is 17.1 Å². The minimum atomic E-state index is -0.372. The van der Waals surface area contributed by atoms with Gasteiger partial charge in [-0.2, -0.15) is 0 Å². The van der Waals surface area contributed by atoms with Gasteiger partial charge in [-0.15, -0.1) is 0 Å². The van der Waals surface area contributed by atoms with E-state index in [1.165, 1.54) is 12.1 Å². The van der Waals surface area contributed by atoms with Crippen LogP contribution in [0.2, 0.25) is 0 Å². The van der Waals surface area contributed by atoms with Gasteiger partial charge in [-0.05, 0) is 19.7 Å². The van der Waals surface area contributed by atoms with Crippen LogP contribution in [0.1, 0.15) is 11.4 Å². The van der Waals surface area contributed by atoms with Gasteiger partial charge in [0.15, 0.2) is 0 Å². The van der Waals surface area contributed by atoms with Crippen LogP contribution in [0, 0.1) is 12.7 Å². The Bertz CT molecular complexity index is 299. The highest BCUT2D eigenvalue weighted by Crippen LogP contribution is 2.20. The standard InChI is InChI=1S/C9H9FN2/c1-4-8-9(11-3)5-7(10)6(2)12-8/h4-5H,1,3H2,2H3. The molecular weight excluding hydrogens is 155 g/mol. The number of pyridine rings is 1. The molecule has 0 aliphatic rings. The molecule has 1 heterocycles. The van der Waals surface area contributed by atoms with Crippen LogP contribution in [-0.2, 0) is 0 Å². The molecule has 0 fully saturated rings. The van der Waals surface area contributed by atoms with Gasteiger partial charge >= 0.3 is 0 Å². The zero-order valence-electron chi connectivity index (χ0n) is 6.84. The monoisotopic (exact) mass is 164 g/mol. The Labute approximate surface area is 70.5 Å². The third-order valence-electron chi connectivity index (χ3n) is 1.52. The van der Waals surface area contributed by atoms with Crippen LogP contribution < -0.4 is 0 Å². The van der Waals surface area contributed by atoms with Crippen molar-refractivity contribution in [3.63, 3.8) is 0 Å². The molecule has 0 aromatic carbocycles. The van der Waals surface area contributed by atoms with Crippen molar-refractivity contribution < 1.29 is 4.39 Å². The quantitative estimate of drug-likeness (QED) is 0.616. The molecule has 0 saturated carbocycles. The van der Waals surface area contributed by atoms with E-state index in [-0.39, 0.29) is 5.82 Å². The van der Waals surface area contributed by atoms with E-state index < -0.39 is 0 Å². The first-order valence-corrected chi connectivity index (χ1v) is 3.45. The fourth-order valence-corrected chi connectivity index (χ4v) is 0.867. The third-order valence-corrected chi connectivity index (χ3v) is 1.52. The Morgan fingerprint density at radius 2 is 2.33 bits per heavy atom. The first-order valence-electron chi connectivity index (χ1n) is 3.45. The van der Waals surface area contributed by atoms with E-state index in [0.717, 1.165) is 0 Å². The summed E-state index contributed by atoms with van der Waals surface area (Å²) >= 11 is 0. The maximum Gasteiger partial charge on any atom is 0.146 e. The zero-order chi connectivity index (χ0) is 9.14. The van der Waals surface area contributed by atoms with E-state index >= 15 is 0 Å². The molecular formula is C9H9FN2. The molecule has 0 radical (unpaired) electrons. The Kier molecular flexibility index (Phi) is 2.33. The van der Waals surface area contributed by atoms with Crippen molar-refractivity contribution in [2.24, 2.45) is 4.99 Å². The summed E-state index contributed by atoms with van der Waals surface area (Å²) in [5.41, 5.74) is 1.33. The van der Waals surface area contributed by atoms with Crippen molar-refractivity contribution in [1.82, 2.24) is 4.98 Å². The molecule has 1 aromatic rings. The van der Waals surface area contributed by atoms with Gasteiger partial charge in [0.2, 0.25) is 0 Å². The van der Waals surface area contributed by atoms with E-state index in [9.17, 15) is 4.39 Å². The molecule has 62 valence electrons. The smallest absolute Gasteiger partial charge is 0.146 e. The van der Waals surface area contributed by atoms with Crippen LogP contribution in [0.25, 0.3) is 6.08 Å². The van der Waals surface area contributed by atoms with Crippen molar-refractivity contribution in [3.8, 4) is 0 Å². The fourth-order valence-electron chi connectivity index (χ4n) is 0.867. The average Bonchev–Trinajstić information content (AvgIpc) is 2.09. The zero-order valence-corrected chi connectivity index (χ0v) is 6.84. The van der Waals surface area contributed by atoms with E-state index in [0.29, 0.717) is 17.1 Å². The second-order valence-corrected chi connectivity index (χ2v) is 2.32. The van der Waals surface area contributed by atoms with Crippen molar-refractivity contribution >= 4 is 18.5 Å². The summed E-state index contributed by atoms with van der Waals surface area (Å²) in [5, 5.41) is 0. The summed E-state index contributed by atoms with van der Waals surface area (Å²) in [6, 6.07) is 1.30. The first-order chi connectivity index (χ1) is 5.69. The maximum atomic E-state index is 12.9. The highest BCUT2D eigenvalue weighted by molar-refractivity contribution is 5.61. The Balaban J connectivity index is 3.37. The van der Waals surface area contributed by atoms with E-state index in [1.54, 1.807) is 6.92 Å².